The summed E-state index contributed by atoms with van der Waals surface area (Å²) in [7, 11) is 0. The maximum absolute atomic E-state index is 11.8. The van der Waals surface area contributed by atoms with E-state index in [0.717, 1.165) is 25.9 Å². The van der Waals surface area contributed by atoms with Crippen LogP contribution in [-0.2, 0) is 4.79 Å². The van der Waals surface area contributed by atoms with Crippen LogP contribution in [0.5, 0.6) is 0 Å². The molecular weight excluding hydrogens is 192 g/mol. The lowest BCUT2D eigenvalue weighted by Gasteiger charge is -2.46. The lowest BCUT2D eigenvalue weighted by Crippen LogP contribution is -2.58. The molecule has 1 fully saturated rings. The fourth-order valence-electron chi connectivity index (χ4n) is 2.04. The Hall–Kier alpha value is -0.610. The van der Waals surface area contributed by atoms with E-state index in [-0.39, 0.29) is 18.1 Å². The van der Waals surface area contributed by atoms with Crippen LogP contribution in [0.25, 0.3) is 0 Å². The van der Waals surface area contributed by atoms with Crippen molar-refractivity contribution in [2.75, 3.05) is 19.7 Å². The van der Waals surface area contributed by atoms with Crippen LogP contribution in [-0.4, -0.2) is 46.3 Å². The highest BCUT2D eigenvalue weighted by Crippen LogP contribution is 2.22. The summed E-state index contributed by atoms with van der Waals surface area (Å²) in [6.45, 7) is 8.00. The summed E-state index contributed by atoms with van der Waals surface area (Å²) in [5.74, 6) is 0.201. The highest BCUT2D eigenvalue weighted by Gasteiger charge is 2.33. The number of aliphatic hydroxyl groups excluding tert-OH is 1. The molecule has 88 valence electrons. The molecule has 0 aliphatic carbocycles. The zero-order valence-corrected chi connectivity index (χ0v) is 9.99. The molecule has 1 rings (SSSR count). The molecule has 4 heteroatoms. The molecule has 1 aliphatic rings. The normalized spacial score (nSPS) is 19.7. The van der Waals surface area contributed by atoms with Crippen molar-refractivity contribution in [2.45, 2.75) is 45.6 Å². The molecule has 0 unspecified atom stereocenters. The van der Waals surface area contributed by atoms with E-state index in [9.17, 15) is 4.79 Å². The predicted molar refractivity (Wildman–Crippen MR) is 59.1 cm³/mol. The molecule has 0 atom stereocenters. The third-order valence-corrected chi connectivity index (χ3v) is 2.54. The van der Waals surface area contributed by atoms with E-state index < -0.39 is 0 Å². The number of rotatable bonds is 3. The van der Waals surface area contributed by atoms with Gasteiger partial charge in [0.2, 0.25) is 5.91 Å². The monoisotopic (exact) mass is 214 g/mol. The first-order valence-electron chi connectivity index (χ1n) is 5.65. The average Bonchev–Trinajstić information content (AvgIpc) is 2.12. The molecular formula is C11H22N2O2. The van der Waals surface area contributed by atoms with Crippen molar-refractivity contribution in [1.82, 2.24) is 10.0 Å². The van der Waals surface area contributed by atoms with Gasteiger partial charge in [-0.3, -0.25) is 9.80 Å². The molecule has 1 aliphatic heterocycles. The minimum atomic E-state index is -0.160. The van der Waals surface area contributed by atoms with Crippen molar-refractivity contribution in [3.63, 3.8) is 0 Å². The van der Waals surface area contributed by atoms with Crippen molar-refractivity contribution in [2.24, 2.45) is 0 Å². The van der Waals surface area contributed by atoms with Gasteiger partial charge in [-0.25, -0.2) is 5.01 Å². The van der Waals surface area contributed by atoms with Gasteiger partial charge in [-0.2, -0.15) is 0 Å². The van der Waals surface area contributed by atoms with E-state index in [1.165, 1.54) is 0 Å². The Morgan fingerprint density at radius 3 is 2.60 bits per heavy atom. The van der Waals surface area contributed by atoms with E-state index >= 15 is 0 Å². The van der Waals surface area contributed by atoms with Crippen LogP contribution in [0.4, 0.5) is 0 Å². The number of hydrogen-bond acceptors (Lipinski definition) is 3. The molecule has 0 saturated carbocycles. The van der Waals surface area contributed by atoms with Crippen molar-refractivity contribution in [1.29, 1.82) is 0 Å². The quantitative estimate of drug-likeness (QED) is 0.762. The first-order chi connectivity index (χ1) is 6.96. The van der Waals surface area contributed by atoms with E-state index in [1.807, 2.05) is 25.8 Å². The van der Waals surface area contributed by atoms with E-state index in [1.54, 1.807) is 0 Å². The number of hydrazine groups is 1. The van der Waals surface area contributed by atoms with Gasteiger partial charge in [0.15, 0.2) is 0 Å². The van der Waals surface area contributed by atoms with Crippen molar-refractivity contribution in [3.8, 4) is 0 Å². The average molecular weight is 214 g/mol. The maximum Gasteiger partial charge on any atom is 0.237 e. The smallest absolute Gasteiger partial charge is 0.237 e. The van der Waals surface area contributed by atoms with Gasteiger partial charge >= 0.3 is 0 Å². The third kappa shape index (κ3) is 3.18. The first kappa shape index (κ1) is 12.5. The molecule has 1 saturated heterocycles. The SMILES string of the molecule is CC(C)(C)N1C(=O)CCCN1CCCO. The summed E-state index contributed by atoms with van der Waals surface area (Å²) in [5, 5.41) is 12.7. The van der Waals surface area contributed by atoms with Gasteiger partial charge in [0, 0.05) is 26.1 Å². The molecule has 4 nitrogen and oxygen atoms in total. The van der Waals surface area contributed by atoms with E-state index in [0.29, 0.717) is 6.42 Å². The molecule has 1 heterocycles. The van der Waals surface area contributed by atoms with Crippen LogP contribution in [0.1, 0.15) is 40.0 Å². The van der Waals surface area contributed by atoms with Crippen LogP contribution in [0.15, 0.2) is 0 Å². The summed E-state index contributed by atoms with van der Waals surface area (Å²) in [6.07, 6.45) is 2.30. The number of hydrogen-bond donors (Lipinski definition) is 1. The second-order valence-corrected chi connectivity index (χ2v) is 5.01. The van der Waals surface area contributed by atoms with Gasteiger partial charge < -0.3 is 5.11 Å². The number of carbonyl (C=O) groups is 1. The Bertz CT molecular complexity index is 223. The zero-order chi connectivity index (χ0) is 11.5. The molecule has 0 aromatic rings. The van der Waals surface area contributed by atoms with Gasteiger partial charge in [0.05, 0.1) is 5.54 Å². The van der Waals surface area contributed by atoms with Crippen LogP contribution in [0.3, 0.4) is 0 Å². The Morgan fingerprint density at radius 2 is 2.07 bits per heavy atom. The number of aliphatic hydroxyl groups is 1. The van der Waals surface area contributed by atoms with Crippen molar-refractivity contribution in [3.05, 3.63) is 0 Å². The Kier molecular flexibility index (Phi) is 4.11. The number of nitrogens with zero attached hydrogens (tertiary/aromatic N) is 2. The van der Waals surface area contributed by atoms with Gasteiger partial charge in [-0.1, -0.05) is 0 Å². The topological polar surface area (TPSA) is 43.8 Å². The molecule has 1 N–H and O–H groups in total. The molecule has 0 aromatic carbocycles. The molecule has 0 radical (unpaired) electrons. The van der Waals surface area contributed by atoms with Crippen LogP contribution in [0.2, 0.25) is 0 Å². The minimum Gasteiger partial charge on any atom is -0.396 e. The molecule has 15 heavy (non-hydrogen) atoms. The van der Waals surface area contributed by atoms with Crippen molar-refractivity contribution < 1.29 is 9.90 Å². The summed E-state index contributed by atoms with van der Waals surface area (Å²) in [5.41, 5.74) is -0.160. The lowest BCUT2D eigenvalue weighted by atomic mass is 10.1. The predicted octanol–water partition coefficient (Wildman–Crippen LogP) is 1.01. The van der Waals surface area contributed by atoms with E-state index in [4.69, 9.17) is 5.11 Å². The van der Waals surface area contributed by atoms with Gasteiger partial charge in [0.1, 0.15) is 0 Å². The number of carbonyl (C=O) groups excluding carboxylic acids is 1. The molecule has 0 spiro atoms. The standard InChI is InChI=1S/C11H22N2O2/c1-11(2,3)13-10(15)6-4-7-12(13)8-5-9-14/h14H,4-9H2,1-3H3. The van der Waals surface area contributed by atoms with Crippen molar-refractivity contribution >= 4 is 5.91 Å². The summed E-state index contributed by atoms with van der Waals surface area (Å²) < 4.78 is 0. The highest BCUT2D eigenvalue weighted by molar-refractivity contribution is 5.77. The van der Waals surface area contributed by atoms with Crippen LogP contribution < -0.4 is 0 Å². The fourth-order valence-corrected chi connectivity index (χ4v) is 2.04. The third-order valence-electron chi connectivity index (χ3n) is 2.54. The maximum atomic E-state index is 11.8. The molecule has 0 bridgehead atoms. The largest absolute Gasteiger partial charge is 0.396 e. The van der Waals surface area contributed by atoms with E-state index in [2.05, 4.69) is 5.01 Å². The summed E-state index contributed by atoms with van der Waals surface area (Å²) in [4.78, 5) is 11.8. The Labute approximate surface area is 91.8 Å². The van der Waals surface area contributed by atoms with Crippen LogP contribution >= 0.6 is 0 Å². The number of amides is 1. The van der Waals surface area contributed by atoms with Crippen LogP contribution in [0, 0.1) is 0 Å². The minimum absolute atomic E-state index is 0.160. The molecule has 0 aromatic heterocycles. The molecule has 1 amide bonds. The first-order valence-corrected chi connectivity index (χ1v) is 5.65. The zero-order valence-electron chi connectivity index (χ0n) is 9.99. The Balaban J connectivity index is 2.69. The lowest BCUT2D eigenvalue weighted by molar-refractivity contribution is -0.170. The Morgan fingerprint density at radius 1 is 1.40 bits per heavy atom. The fraction of sp³-hybridized carbons (Fsp3) is 0.909. The highest BCUT2D eigenvalue weighted by atomic mass is 16.3. The second-order valence-electron chi connectivity index (χ2n) is 5.01. The summed E-state index contributed by atoms with van der Waals surface area (Å²) in [6, 6.07) is 0. The van der Waals surface area contributed by atoms with Gasteiger partial charge in [0.25, 0.3) is 0 Å². The van der Waals surface area contributed by atoms with Gasteiger partial charge in [-0.05, 0) is 33.6 Å². The second kappa shape index (κ2) is 4.94. The van der Waals surface area contributed by atoms with Gasteiger partial charge in [-0.15, -0.1) is 0 Å². The summed E-state index contributed by atoms with van der Waals surface area (Å²) >= 11 is 0.